The average Bonchev–Trinajstić information content (AvgIpc) is 3.42. The molecule has 7 heteroatoms. The van der Waals surface area contributed by atoms with E-state index in [-0.39, 0.29) is 5.69 Å². The van der Waals surface area contributed by atoms with E-state index in [1.54, 1.807) is 21.6 Å². The van der Waals surface area contributed by atoms with Crippen molar-refractivity contribution in [2.45, 2.75) is 25.3 Å². The molecular weight excluding hydrogens is 388 g/mol. The molecule has 0 radical (unpaired) electrons. The van der Waals surface area contributed by atoms with Gasteiger partial charge in [-0.15, -0.1) is 0 Å². The molecule has 1 aliphatic carbocycles. The lowest BCUT2D eigenvalue weighted by Crippen LogP contribution is -2.17. The van der Waals surface area contributed by atoms with Crippen molar-refractivity contribution >= 4 is 11.2 Å². The van der Waals surface area contributed by atoms with Crippen molar-refractivity contribution in [2.75, 3.05) is 0 Å². The van der Waals surface area contributed by atoms with Gasteiger partial charge in [0.2, 0.25) is 0 Å². The average molecular weight is 408 g/mol. The number of benzene rings is 2. The smallest absolute Gasteiger partial charge is 0.303 e. The monoisotopic (exact) mass is 408 g/mol. The Kier molecular flexibility index (Phi) is 4.06. The fourth-order valence-corrected chi connectivity index (χ4v) is 4.03. The van der Waals surface area contributed by atoms with Crippen molar-refractivity contribution in [3.8, 4) is 17.1 Å². The molecule has 31 heavy (non-hydrogen) atoms. The van der Waals surface area contributed by atoms with Crippen LogP contribution in [0.4, 0.5) is 0 Å². The number of nitrogens with zero attached hydrogens (tertiary/aromatic N) is 5. The lowest BCUT2D eigenvalue weighted by Gasteiger charge is -2.08. The lowest BCUT2D eigenvalue weighted by molar-refractivity contribution is 0.776. The summed E-state index contributed by atoms with van der Waals surface area (Å²) in [7, 11) is 0. The highest BCUT2D eigenvalue weighted by atomic mass is 16.1. The van der Waals surface area contributed by atoms with Crippen LogP contribution in [0.5, 0.6) is 0 Å². The molecule has 0 bridgehead atoms. The molecule has 0 atom stereocenters. The van der Waals surface area contributed by atoms with Crippen LogP contribution < -0.4 is 5.69 Å². The molecule has 0 spiro atoms. The molecule has 0 unspecified atom stereocenters. The van der Waals surface area contributed by atoms with Crippen molar-refractivity contribution in [1.29, 1.82) is 0 Å². The standard InChI is InChI=1S/C24H20N6O/c31-24-27-21-14-25-22(20-5-2-1-4-19(20)17-8-9-17)28-23(21)29(24)15-16-6-10-18(11-7-16)30-13-3-12-26-30/h1-7,10-14,17H,8-9,15H2,(H,27,31). The summed E-state index contributed by atoms with van der Waals surface area (Å²) in [6.45, 7) is 0.430. The van der Waals surface area contributed by atoms with Crippen LogP contribution in [-0.4, -0.2) is 29.3 Å². The van der Waals surface area contributed by atoms with E-state index in [4.69, 9.17) is 4.98 Å². The van der Waals surface area contributed by atoms with Crippen LogP contribution in [0.1, 0.15) is 29.9 Å². The van der Waals surface area contributed by atoms with Crippen molar-refractivity contribution in [1.82, 2.24) is 29.3 Å². The van der Waals surface area contributed by atoms with E-state index < -0.39 is 0 Å². The van der Waals surface area contributed by atoms with Crippen LogP contribution in [0.3, 0.4) is 0 Å². The number of rotatable bonds is 5. The first-order valence-electron chi connectivity index (χ1n) is 10.4. The lowest BCUT2D eigenvalue weighted by atomic mass is 10.0. The van der Waals surface area contributed by atoms with E-state index in [0.717, 1.165) is 16.8 Å². The summed E-state index contributed by atoms with van der Waals surface area (Å²) in [6, 6.07) is 18.2. The molecule has 3 aromatic heterocycles. The molecule has 1 N–H and O–H groups in total. The van der Waals surface area contributed by atoms with Gasteiger partial charge in [0, 0.05) is 18.0 Å². The van der Waals surface area contributed by atoms with Gasteiger partial charge >= 0.3 is 5.69 Å². The predicted molar refractivity (Wildman–Crippen MR) is 118 cm³/mol. The number of aromatic amines is 1. The maximum absolute atomic E-state index is 12.7. The largest absolute Gasteiger partial charge is 0.328 e. The van der Waals surface area contributed by atoms with Gasteiger partial charge in [-0.25, -0.2) is 19.4 Å². The molecule has 152 valence electrons. The van der Waals surface area contributed by atoms with E-state index in [0.29, 0.717) is 29.5 Å². The van der Waals surface area contributed by atoms with Gasteiger partial charge in [0.15, 0.2) is 11.5 Å². The molecule has 2 aromatic carbocycles. The SMILES string of the molecule is O=c1[nH]c2cnc(-c3ccccc3C3CC3)nc2n1Cc1ccc(-n2cccn2)cc1. The molecule has 1 aliphatic rings. The van der Waals surface area contributed by atoms with Crippen molar-refractivity contribution < 1.29 is 0 Å². The number of fused-ring (bicyclic) bond motifs is 1. The Morgan fingerprint density at radius 2 is 1.87 bits per heavy atom. The van der Waals surface area contributed by atoms with Gasteiger partial charge in [0.1, 0.15) is 5.52 Å². The zero-order valence-corrected chi connectivity index (χ0v) is 16.8. The molecule has 7 nitrogen and oxygen atoms in total. The molecule has 0 saturated heterocycles. The number of H-pyrrole nitrogens is 1. The van der Waals surface area contributed by atoms with Crippen molar-refractivity contribution in [2.24, 2.45) is 0 Å². The third-order valence-electron chi connectivity index (χ3n) is 5.78. The number of nitrogens with one attached hydrogen (secondary N) is 1. The summed E-state index contributed by atoms with van der Waals surface area (Å²) >= 11 is 0. The quantitative estimate of drug-likeness (QED) is 0.478. The van der Waals surface area contributed by atoms with Crippen LogP contribution in [0.25, 0.3) is 28.2 Å². The molecule has 1 saturated carbocycles. The van der Waals surface area contributed by atoms with E-state index in [9.17, 15) is 4.79 Å². The first-order chi connectivity index (χ1) is 15.3. The van der Waals surface area contributed by atoms with Gasteiger partial charge in [-0.3, -0.25) is 4.57 Å². The minimum absolute atomic E-state index is 0.187. The summed E-state index contributed by atoms with van der Waals surface area (Å²) < 4.78 is 3.47. The Hall–Kier alpha value is -4.00. The third kappa shape index (κ3) is 3.24. The minimum atomic E-state index is -0.187. The highest BCUT2D eigenvalue weighted by Crippen LogP contribution is 2.43. The van der Waals surface area contributed by atoms with Gasteiger partial charge in [-0.2, -0.15) is 5.10 Å². The van der Waals surface area contributed by atoms with Gasteiger partial charge in [-0.1, -0.05) is 36.4 Å². The second-order valence-corrected chi connectivity index (χ2v) is 7.93. The van der Waals surface area contributed by atoms with E-state index >= 15 is 0 Å². The Balaban J connectivity index is 1.38. The maximum atomic E-state index is 12.7. The first-order valence-corrected chi connectivity index (χ1v) is 10.4. The Morgan fingerprint density at radius 3 is 2.65 bits per heavy atom. The number of hydrogen-bond donors (Lipinski definition) is 1. The van der Waals surface area contributed by atoms with Gasteiger partial charge in [-0.05, 0) is 48.1 Å². The zero-order chi connectivity index (χ0) is 20.8. The van der Waals surface area contributed by atoms with Gasteiger partial charge < -0.3 is 4.98 Å². The predicted octanol–water partition coefficient (Wildman–Crippen LogP) is 3.90. The fourth-order valence-electron chi connectivity index (χ4n) is 4.03. The summed E-state index contributed by atoms with van der Waals surface area (Å²) in [4.78, 5) is 24.9. The fraction of sp³-hybridized carbons (Fsp3) is 0.167. The maximum Gasteiger partial charge on any atom is 0.328 e. The topological polar surface area (TPSA) is 81.4 Å². The minimum Gasteiger partial charge on any atom is -0.303 e. The van der Waals surface area contributed by atoms with Crippen LogP contribution in [0, 0.1) is 0 Å². The Bertz CT molecular complexity index is 1430. The van der Waals surface area contributed by atoms with E-state index in [2.05, 4.69) is 33.3 Å². The molecule has 0 aliphatic heterocycles. The third-order valence-corrected chi connectivity index (χ3v) is 5.78. The summed E-state index contributed by atoms with van der Waals surface area (Å²) in [5.74, 6) is 1.26. The summed E-state index contributed by atoms with van der Waals surface area (Å²) in [6.07, 6.45) is 7.78. The van der Waals surface area contributed by atoms with Crippen LogP contribution >= 0.6 is 0 Å². The summed E-state index contributed by atoms with van der Waals surface area (Å²) in [5, 5.41) is 4.25. The number of imidazole rings is 1. The highest BCUT2D eigenvalue weighted by Gasteiger charge is 2.27. The summed E-state index contributed by atoms with van der Waals surface area (Å²) in [5.41, 5.74) is 5.41. The van der Waals surface area contributed by atoms with Crippen molar-refractivity contribution in [3.05, 3.63) is 94.8 Å². The first kappa shape index (κ1) is 17.8. The molecular formula is C24H20N6O. The molecule has 1 fully saturated rings. The van der Waals surface area contributed by atoms with E-state index in [1.807, 2.05) is 42.6 Å². The second-order valence-electron chi connectivity index (χ2n) is 7.93. The number of hydrogen-bond acceptors (Lipinski definition) is 4. The zero-order valence-electron chi connectivity index (χ0n) is 16.8. The normalized spacial score (nSPS) is 13.7. The van der Waals surface area contributed by atoms with Crippen LogP contribution in [0.15, 0.2) is 78.0 Å². The number of aromatic nitrogens is 6. The molecule has 5 aromatic rings. The molecule has 3 heterocycles. The molecule has 0 amide bonds. The van der Waals surface area contributed by atoms with Crippen LogP contribution in [-0.2, 0) is 6.54 Å². The highest BCUT2D eigenvalue weighted by molar-refractivity contribution is 5.74. The van der Waals surface area contributed by atoms with Gasteiger partial charge in [0.05, 0.1) is 18.4 Å². The molecule has 6 rings (SSSR count). The Morgan fingerprint density at radius 1 is 1.03 bits per heavy atom. The van der Waals surface area contributed by atoms with Crippen LogP contribution in [0.2, 0.25) is 0 Å². The van der Waals surface area contributed by atoms with Crippen molar-refractivity contribution in [3.63, 3.8) is 0 Å². The second kappa shape index (κ2) is 7.05. The Labute approximate surface area is 178 Å². The van der Waals surface area contributed by atoms with Gasteiger partial charge in [0.25, 0.3) is 0 Å². The van der Waals surface area contributed by atoms with E-state index in [1.165, 1.54) is 18.4 Å².